The van der Waals surface area contributed by atoms with Crippen LogP contribution in [0.5, 0.6) is 11.5 Å². The maximum atomic E-state index is 8.85. The molecule has 0 spiro atoms. The largest absolute Gasteiger partial charge is 0.497 e. The Kier molecular flexibility index (Phi) is 3.67. The van der Waals surface area contributed by atoms with E-state index in [0.29, 0.717) is 18.1 Å². The molecule has 0 aliphatic carbocycles. The van der Waals surface area contributed by atoms with E-state index >= 15 is 0 Å². The Labute approximate surface area is 99.4 Å². The molecule has 0 atom stereocenters. The van der Waals surface area contributed by atoms with Gasteiger partial charge in [0.15, 0.2) is 0 Å². The Balaban J connectivity index is 1.92. The van der Waals surface area contributed by atoms with Gasteiger partial charge in [0.2, 0.25) is 0 Å². The molecule has 0 saturated carbocycles. The van der Waals surface area contributed by atoms with Crippen molar-refractivity contribution in [1.29, 1.82) is 0 Å². The van der Waals surface area contributed by atoms with E-state index in [2.05, 4.69) is 0 Å². The average molecular weight is 234 g/mol. The third-order valence-electron chi connectivity index (χ3n) is 2.31. The lowest BCUT2D eigenvalue weighted by Gasteiger charge is -2.05. The van der Waals surface area contributed by atoms with Crippen molar-refractivity contribution in [1.82, 2.24) is 0 Å². The minimum absolute atomic E-state index is 0.0947. The van der Waals surface area contributed by atoms with Gasteiger partial charge in [0.05, 0.1) is 7.11 Å². The first-order valence-corrected chi connectivity index (χ1v) is 5.27. The van der Waals surface area contributed by atoms with Crippen LogP contribution in [0.2, 0.25) is 0 Å². The molecule has 4 heteroatoms. The number of benzene rings is 1. The molecule has 2 rings (SSSR count). The Bertz CT molecular complexity index is 459. The number of aliphatic hydroxyl groups excluding tert-OH is 1. The van der Waals surface area contributed by atoms with Crippen molar-refractivity contribution in [3.63, 3.8) is 0 Å². The zero-order valence-electron chi connectivity index (χ0n) is 9.55. The number of hydrogen-bond acceptors (Lipinski definition) is 4. The SMILES string of the molecule is COc1ccc(OCc2ccc(CO)o2)cc1. The first-order valence-electron chi connectivity index (χ1n) is 5.27. The number of methoxy groups -OCH3 is 1. The lowest BCUT2D eigenvalue weighted by molar-refractivity contribution is 0.224. The van der Waals surface area contributed by atoms with Crippen LogP contribution in [0, 0.1) is 0 Å². The summed E-state index contributed by atoms with van der Waals surface area (Å²) in [5.41, 5.74) is 0. The van der Waals surface area contributed by atoms with Crippen molar-refractivity contribution in [3.8, 4) is 11.5 Å². The number of furan rings is 1. The maximum Gasteiger partial charge on any atom is 0.146 e. The third-order valence-corrected chi connectivity index (χ3v) is 2.31. The van der Waals surface area contributed by atoms with E-state index in [1.54, 1.807) is 19.2 Å². The Hall–Kier alpha value is -1.94. The highest BCUT2D eigenvalue weighted by Gasteiger charge is 2.02. The second-order valence-electron chi connectivity index (χ2n) is 3.49. The summed E-state index contributed by atoms with van der Waals surface area (Å²) in [5, 5.41) is 8.85. The third kappa shape index (κ3) is 3.01. The Morgan fingerprint density at radius 1 is 1.00 bits per heavy atom. The summed E-state index contributed by atoms with van der Waals surface area (Å²) in [5.74, 6) is 2.76. The summed E-state index contributed by atoms with van der Waals surface area (Å²) in [7, 11) is 1.62. The minimum atomic E-state index is -0.0947. The summed E-state index contributed by atoms with van der Waals surface area (Å²) in [6, 6.07) is 10.8. The van der Waals surface area contributed by atoms with E-state index in [1.165, 1.54) is 0 Å². The van der Waals surface area contributed by atoms with Crippen LogP contribution < -0.4 is 9.47 Å². The first-order chi connectivity index (χ1) is 8.31. The van der Waals surface area contributed by atoms with Crippen LogP contribution >= 0.6 is 0 Å². The van der Waals surface area contributed by atoms with Gasteiger partial charge >= 0.3 is 0 Å². The Morgan fingerprint density at radius 2 is 1.65 bits per heavy atom. The van der Waals surface area contributed by atoms with E-state index < -0.39 is 0 Å². The molecule has 1 aromatic carbocycles. The highest BCUT2D eigenvalue weighted by Crippen LogP contribution is 2.18. The molecule has 1 aromatic heterocycles. The molecule has 0 amide bonds. The van der Waals surface area contributed by atoms with Crippen LogP contribution in [0.4, 0.5) is 0 Å². The van der Waals surface area contributed by atoms with Crippen molar-refractivity contribution in [3.05, 3.63) is 47.9 Å². The van der Waals surface area contributed by atoms with E-state index in [0.717, 1.165) is 11.5 Å². The quantitative estimate of drug-likeness (QED) is 0.862. The van der Waals surface area contributed by atoms with Gasteiger partial charge in [-0.05, 0) is 36.4 Å². The lowest BCUT2D eigenvalue weighted by Crippen LogP contribution is -1.93. The minimum Gasteiger partial charge on any atom is -0.497 e. The topological polar surface area (TPSA) is 51.8 Å². The summed E-state index contributed by atoms with van der Waals surface area (Å²) >= 11 is 0. The van der Waals surface area contributed by atoms with E-state index in [9.17, 15) is 0 Å². The van der Waals surface area contributed by atoms with Crippen LogP contribution in [-0.2, 0) is 13.2 Å². The van der Waals surface area contributed by atoms with Gasteiger partial charge in [-0.25, -0.2) is 0 Å². The van der Waals surface area contributed by atoms with Crippen LogP contribution in [0.1, 0.15) is 11.5 Å². The molecule has 0 aliphatic rings. The van der Waals surface area contributed by atoms with E-state index in [1.807, 2.05) is 24.3 Å². The van der Waals surface area contributed by atoms with Crippen molar-refractivity contribution < 1.29 is 19.0 Å². The van der Waals surface area contributed by atoms with Crippen molar-refractivity contribution in [2.24, 2.45) is 0 Å². The molecule has 0 aliphatic heterocycles. The maximum absolute atomic E-state index is 8.85. The fourth-order valence-corrected chi connectivity index (χ4v) is 1.41. The highest BCUT2D eigenvalue weighted by atomic mass is 16.5. The average Bonchev–Trinajstić information content (AvgIpc) is 2.85. The first kappa shape index (κ1) is 11.5. The van der Waals surface area contributed by atoms with Crippen LogP contribution in [-0.4, -0.2) is 12.2 Å². The standard InChI is InChI=1S/C13H14O4/c1-15-10-2-4-11(5-3-10)16-9-13-7-6-12(8-14)17-13/h2-7,14H,8-9H2,1H3. The molecule has 4 nitrogen and oxygen atoms in total. The monoisotopic (exact) mass is 234 g/mol. The zero-order valence-corrected chi connectivity index (χ0v) is 9.55. The summed E-state index contributed by atoms with van der Waals surface area (Å²) < 4.78 is 15.9. The second-order valence-corrected chi connectivity index (χ2v) is 3.49. The molecule has 90 valence electrons. The molecule has 0 bridgehead atoms. The summed E-state index contributed by atoms with van der Waals surface area (Å²) in [6.07, 6.45) is 0. The predicted molar refractivity (Wildman–Crippen MR) is 62.0 cm³/mol. The van der Waals surface area contributed by atoms with E-state index in [-0.39, 0.29) is 6.61 Å². The summed E-state index contributed by atoms with van der Waals surface area (Å²) in [6.45, 7) is 0.245. The number of rotatable bonds is 5. The van der Waals surface area contributed by atoms with Gasteiger partial charge in [-0.3, -0.25) is 0 Å². The van der Waals surface area contributed by atoms with E-state index in [4.69, 9.17) is 19.0 Å². The van der Waals surface area contributed by atoms with Crippen molar-refractivity contribution >= 4 is 0 Å². The Morgan fingerprint density at radius 3 is 2.24 bits per heavy atom. The normalized spacial score (nSPS) is 10.2. The number of aliphatic hydroxyl groups is 1. The number of ether oxygens (including phenoxy) is 2. The molecule has 2 aromatic rings. The van der Waals surface area contributed by atoms with Gasteiger partial charge in [-0.15, -0.1) is 0 Å². The molecule has 1 N–H and O–H groups in total. The van der Waals surface area contributed by atoms with Crippen LogP contribution in [0.25, 0.3) is 0 Å². The molecular weight excluding hydrogens is 220 g/mol. The van der Waals surface area contributed by atoms with Gasteiger partial charge in [0.1, 0.15) is 36.2 Å². The fourth-order valence-electron chi connectivity index (χ4n) is 1.41. The molecular formula is C13H14O4. The van der Waals surface area contributed by atoms with Gasteiger partial charge in [0.25, 0.3) is 0 Å². The lowest BCUT2D eigenvalue weighted by atomic mass is 10.3. The van der Waals surface area contributed by atoms with Crippen LogP contribution in [0.15, 0.2) is 40.8 Å². The smallest absolute Gasteiger partial charge is 0.146 e. The van der Waals surface area contributed by atoms with Gasteiger partial charge < -0.3 is 19.0 Å². The number of hydrogen-bond donors (Lipinski definition) is 1. The van der Waals surface area contributed by atoms with Crippen molar-refractivity contribution in [2.75, 3.05) is 7.11 Å². The van der Waals surface area contributed by atoms with Gasteiger partial charge in [-0.1, -0.05) is 0 Å². The van der Waals surface area contributed by atoms with Gasteiger partial charge in [0, 0.05) is 0 Å². The predicted octanol–water partition coefficient (Wildman–Crippen LogP) is 2.36. The molecule has 0 fully saturated rings. The van der Waals surface area contributed by atoms with Crippen LogP contribution in [0.3, 0.4) is 0 Å². The zero-order chi connectivity index (χ0) is 12.1. The molecule has 0 saturated heterocycles. The molecule has 17 heavy (non-hydrogen) atoms. The molecule has 1 heterocycles. The fraction of sp³-hybridized carbons (Fsp3) is 0.231. The molecule has 0 unspecified atom stereocenters. The molecule has 0 radical (unpaired) electrons. The highest BCUT2D eigenvalue weighted by molar-refractivity contribution is 5.31. The van der Waals surface area contributed by atoms with Crippen molar-refractivity contribution in [2.45, 2.75) is 13.2 Å². The second kappa shape index (κ2) is 5.41. The van der Waals surface area contributed by atoms with Gasteiger partial charge in [-0.2, -0.15) is 0 Å². The summed E-state index contributed by atoms with van der Waals surface area (Å²) in [4.78, 5) is 0.